The summed E-state index contributed by atoms with van der Waals surface area (Å²) in [4.78, 5) is 14.5. The van der Waals surface area contributed by atoms with Crippen LogP contribution < -0.4 is 10.3 Å². The average Bonchev–Trinajstić information content (AvgIpc) is 2.65. The molecule has 1 aliphatic heterocycles. The zero-order valence-electron chi connectivity index (χ0n) is 17.4. The zero-order valence-corrected chi connectivity index (χ0v) is 18.9. The minimum absolute atomic E-state index is 0.193. The van der Waals surface area contributed by atoms with E-state index in [9.17, 15) is 9.18 Å². The number of nitrogens with one attached hydrogen (secondary N) is 1. The molecule has 0 saturated heterocycles. The maximum absolute atomic E-state index is 14.8. The molecule has 4 nitrogen and oxygen atoms in total. The first-order valence-corrected chi connectivity index (χ1v) is 10.5. The van der Waals surface area contributed by atoms with E-state index in [-0.39, 0.29) is 16.1 Å². The van der Waals surface area contributed by atoms with Crippen molar-refractivity contribution in [3.05, 3.63) is 69.0 Å². The van der Waals surface area contributed by atoms with E-state index in [0.717, 1.165) is 29.8 Å². The van der Waals surface area contributed by atoms with Gasteiger partial charge in [-0.2, -0.15) is 5.10 Å². The van der Waals surface area contributed by atoms with Crippen molar-refractivity contribution in [2.45, 2.75) is 39.7 Å². The molecule has 0 aliphatic carbocycles. The number of hydrazone groups is 1. The molecule has 0 spiro atoms. The van der Waals surface area contributed by atoms with Gasteiger partial charge in [0.2, 0.25) is 0 Å². The molecule has 158 valence electrons. The van der Waals surface area contributed by atoms with Gasteiger partial charge in [0.1, 0.15) is 5.82 Å². The van der Waals surface area contributed by atoms with Crippen molar-refractivity contribution in [2.24, 2.45) is 5.10 Å². The van der Waals surface area contributed by atoms with Crippen molar-refractivity contribution in [1.29, 1.82) is 0 Å². The lowest BCUT2D eigenvalue weighted by Crippen LogP contribution is -2.45. The molecule has 0 unspecified atom stereocenters. The summed E-state index contributed by atoms with van der Waals surface area (Å²) in [6.07, 6.45) is 4.45. The molecule has 1 N–H and O–H groups in total. The number of hydrogen-bond donors (Lipinski definition) is 1. The van der Waals surface area contributed by atoms with Gasteiger partial charge in [-0.1, -0.05) is 36.2 Å². The highest BCUT2D eigenvalue weighted by Gasteiger charge is 2.31. The molecule has 1 heterocycles. The minimum Gasteiger partial charge on any atom is -0.362 e. The van der Waals surface area contributed by atoms with Crippen LogP contribution in [0.3, 0.4) is 0 Å². The molecule has 30 heavy (non-hydrogen) atoms. The van der Waals surface area contributed by atoms with Crippen LogP contribution in [-0.2, 0) is 0 Å². The molecule has 2 aromatic carbocycles. The Bertz CT molecular complexity index is 1050. The SMILES string of the molecule is CCCN1c2cc(F)c(/C=N\NC(=O)c3ccc(Cl)cc3Cl)cc2C(C)=CC1(C)C. The summed E-state index contributed by atoms with van der Waals surface area (Å²) in [6, 6.07) is 7.85. The van der Waals surface area contributed by atoms with E-state index in [4.69, 9.17) is 23.2 Å². The molecule has 0 atom stereocenters. The number of hydrogen-bond acceptors (Lipinski definition) is 3. The molecule has 1 aliphatic rings. The summed E-state index contributed by atoms with van der Waals surface area (Å²) in [5.41, 5.74) is 5.62. The molecule has 1 amide bonds. The number of fused-ring (bicyclic) bond motifs is 1. The lowest BCUT2D eigenvalue weighted by Gasteiger charge is -2.43. The molecule has 7 heteroatoms. The highest BCUT2D eigenvalue weighted by atomic mass is 35.5. The van der Waals surface area contributed by atoms with Crippen molar-refractivity contribution in [3.8, 4) is 0 Å². The van der Waals surface area contributed by atoms with Crippen LogP contribution in [-0.4, -0.2) is 24.2 Å². The topological polar surface area (TPSA) is 44.7 Å². The van der Waals surface area contributed by atoms with E-state index < -0.39 is 11.7 Å². The molecule has 3 rings (SSSR count). The van der Waals surface area contributed by atoms with Crippen molar-refractivity contribution in [2.75, 3.05) is 11.4 Å². The zero-order chi connectivity index (χ0) is 22.1. The van der Waals surface area contributed by atoms with Gasteiger partial charge in [0.05, 0.1) is 22.3 Å². The third kappa shape index (κ3) is 4.52. The molecular weight excluding hydrogens is 424 g/mol. The fraction of sp³-hybridized carbons (Fsp3) is 0.304. The number of amides is 1. The van der Waals surface area contributed by atoms with Gasteiger partial charge in [-0.15, -0.1) is 0 Å². The molecule has 0 aromatic heterocycles. The summed E-state index contributed by atoms with van der Waals surface area (Å²) >= 11 is 11.9. The molecular formula is C23H24Cl2FN3O. The quantitative estimate of drug-likeness (QED) is 0.431. The van der Waals surface area contributed by atoms with E-state index in [1.165, 1.54) is 18.3 Å². The summed E-state index contributed by atoms with van der Waals surface area (Å²) in [5, 5.41) is 4.56. The minimum atomic E-state index is -0.502. The monoisotopic (exact) mass is 447 g/mol. The number of carbonyl (C=O) groups is 1. The first-order valence-electron chi connectivity index (χ1n) is 9.73. The van der Waals surface area contributed by atoms with Crippen LogP contribution in [0.15, 0.2) is 41.5 Å². The maximum atomic E-state index is 14.8. The molecule has 2 aromatic rings. The van der Waals surface area contributed by atoms with E-state index in [0.29, 0.717) is 10.6 Å². The lowest BCUT2D eigenvalue weighted by atomic mass is 9.88. The van der Waals surface area contributed by atoms with Gasteiger partial charge in [-0.05, 0) is 63.1 Å². The summed E-state index contributed by atoms with van der Waals surface area (Å²) in [6.45, 7) is 9.20. The molecule has 0 radical (unpaired) electrons. The highest BCUT2D eigenvalue weighted by Crippen LogP contribution is 2.40. The van der Waals surface area contributed by atoms with E-state index in [1.807, 2.05) is 6.92 Å². The van der Waals surface area contributed by atoms with Gasteiger partial charge < -0.3 is 4.90 Å². The first-order chi connectivity index (χ1) is 14.1. The average molecular weight is 448 g/mol. The third-order valence-electron chi connectivity index (χ3n) is 5.09. The lowest BCUT2D eigenvalue weighted by molar-refractivity contribution is 0.0955. The summed E-state index contributed by atoms with van der Waals surface area (Å²) < 4.78 is 14.8. The van der Waals surface area contributed by atoms with E-state index in [2.05, 4.69) is 42.3 Å². The highest BCUT2D eigenvalue weighted by molar-refractivity contribution is 6.36. The Morgan fingerprint density at radius 2 is 2.00 bits per heavy atom. The van der Waals surface area contributed by atoms with Gasteiger partial charge in [0.25, 0.3) is 5.91 Å². The standard InChI is InChI=1S/C23H24Cl2FN3O/c1-5-8-29-21-11-20(26)15(9-18(21)14(2)12-23(29,3)4)13-27-28-22(30)17-7-6-16(24)10-19(17)25/h6-7,9-13H,5,8H2,1-4H3,(H,28,30)/b27-13-. The van der Waals surface area contributed by atoms with Crippen molar-refractivity contribution >= 4 is 46.6 Å². The molecule has 0 fully saturated rings. The van der Waals surface area contributed by atoms with Crippen molar-refractivity contribution in [3.63, 3.8) is 0 Å². The second-order valence-corrected chi connectivity index (χ2v) is 8.69. The summed E-state index contributed by atoms with van der Waals surface area (Å²) in [7, 11) is 0. The molecule has 0 bridgehead atoms. The third-order valence-corrected chi connectivity index (χ3v) is 5.64. The normalized spacial score (nSPS) is 15.2. The van der Waals surface area contributed by atoms with Crippen molar-refractivity contribution in [1.82, 2.24) is 5.43 Å². The number of allylic oxidation sites excluding steroid dienone is 1. The number of rotatable bonds is 5. The second-order valence-electron chi connectivity index (χ2n) is 7.85. The van der Waals surface area contributed by atoms with Crippen LogP contribution in [0.2, 0.25) is 10.0 Å². The maximum Gasteiger partial charge on any atom is 0.272 e. The molecule has 0 saturated carbocycles. The van der Waals surface area contributed by atoms with Crippen LogP contribution in [0.4, 0.5) is 10.1 Å². The number of carbonyl (C=O) groups excluding carboxylic acids is 1. The smallest absolute Gasteiger partial charge is 0.272 e. The Balaban J connectivity index is 1.86. The number of nitrogens with zero attached hydrogens (tertiary/aromatic N) is 2. The Kier molecular flexibility index (Phi) is 6.53. The predicted molar refractivity (Wildman–Crippen MR) is 123 cm³/mol. The van der Waals surface area contributed by atoms with Gasteiger partial charge >= 0.3 is 0 Å². The van der Waals surface area contributed by atoms with Crippen LogP contribution in [0.5, 0.6) is 0 Å². The number of anilines is 1. The van der Waals surface area contributed by atoms with Crippen LogP contribution in [0.25, 0.3) is 5.57 Å². The van der Waals surface area contributed by atoms with Gasteiger partial charge in [0.15, 0.2) is 0 Å². The Morgan fingerprint density at radius 1 is 1.27 bits per heavy atom. The van der Waals surface area contributed by atoms with Gasteiger partial charge in [-0.25, -0.2) is 9.82 Å². The van der Waals surface area contributed by atoms with Crippen LogP contribution in [0, 0.1) is 5.82 Å². The van der Waals surface area contributed by atoms with Crippen LogP contribution in [0.1, 0.15) is 55.6 Å². The van der Waals surface area contributed by atoms with Gasteiger partial charge in [-0.3, -0.25) is 4.79 Å². The fourth-order valence-corrected chi connectivity index (χ4v) is 4.23. The van der Waals surface area contributed by atoms with E-state index >= 15 is 0 Å². The van der Waals surface area contributed by atoms with E-state index in [1.54, 1.807) is 18.2 Å². The van der Waals surface area contributed by atoms with Crippen molar-refractivity contribution < 1.29 is 9.18 Å². The largest absolute Gasteiger partial charge is 0.362 e. The fourth-order valence-electron chi connectivity index (χ4n) is 3.74. The van der Waals surface area contributed by atoms with Crippen LogP contribution >= 0.6 is 23.2 Å². The predicted octanol–water partition coefficient (Wildman–Crippen LogP) is 6.31. The number of halogens is 3. The second kappa shape index (κ2) is 8.78. The Hall–Kier alpha value is -2.37. The summed E-state index contributed by atoms with van der Waals surface area (Å²) in [5.74, 6) is -0.902. The number of benzene rings is 2. The first kappa shape index (κ1) is 22.3. The van der Waals surface area contributed by atoms with Gasteiger partial charge in [0, 0.05) is 28.4 Å². The Morgan fingerprint density at radius 3 is 2.67 bits per heavy atom. The Labute approximate surface area is 186 Å².